The average Bonchev–Trinajstić information content (AvgIpc) is 2.25. The first-order valence-corrected chi connectivity index (χ1v) is 5.98. The van der Waals surface area contributed by atoms with E-state index >= 15 is 0 Å². The molecule has 0 radical (unpaired) electrons. The number of amides is 1. The minimum absolute atomic E-state index is 0.0413. The van der Waals surface area contributed by atoms with Crippen LogP contribution in [0.4, 0.5) is 0 Å². The highest BCUT2D eigenvalue weighted by Gasteiger charge is 2.22. The second kappa shape index (κ2) is 7.40. The molecule has 0 rings (SSSR count). The van der Waals surface area contributed by atoms with Crippen molar-refractivity contribution in [2.45, 2.75) is 33.6 Å². The average molecular weight is 243 g/mol. The molecule has 0 saturated heterocycles. The van der Waals surface area contributed by atoms with Crippen molar-refractivity contribution in [3.05, 3.63) is 0 Å². The highest BCUT2D eigenvalue weighted by Crippen LogP contribution is 2.17. The van der Waals surface area contributed by atoms with Crippen molar-refractivity contribution in [2.75, 3.05) is 27.2 Å². The van der Waals surface area contributed by atoms with E-state index in [4.69, 9.17) is 0 Å². The van der Waals surface area contributed by atoms with Crippen LogP contribution >= 0.6 is 0 Å². The van der Waals surface area contributed by atoms with Gasteiger partial charge < -0.3 is 5.32 Å². The monoisotopic (exact) mass is 243 g/mol. The number of Topliss-reactive ketones (excluding diaryl/α,β-unsaturated/α-hetero) is 1. The van der Waals surface area contributed by atoms with Crippen molar-refractivity contribution in [3.63, 3.8) is 0 Å². The Labute approximate surface area is 104 Å². The van der Waals surface area contributed by atoms with E-state index in [9.17, 15) is 9.59 Å². The molecular formula is C12H25N3O2. The van der Waals surface area contributed by atoms with E-state index in [2.05, 4.69) is 10.7 Å². The van der Waals surface area contributed by atoms with Crippen LogP contribution in [-0.4, -0.2) is 43.9 Å². The number of hydrogen-bond donors (Lipinski definition) is 2. The van der Waals surface area contributed by atoms with Gasteiger partial charge in [-0.15, -0.1) is 0 Å². The molecule has 0 fully saturated rings. The van der Waals surface area contributed by atoms with Gasteiger partial charge in [0, 0.05) is 38.4 Å². The first-order valence-electron chi connectivity index (χ1n) is 5.98. The topological polar surface area (TPSA) is 61.4 Å². The molecule has 0 aliphatic rings. The zero-order valence-corrected chi connectivity index (χ0v) is 11.6. The number of ketones is 1. The Balaban J connectivity index is 4.11. The maximum atomic E-state index is 11.8. The van der Waals surface area contributed by atoms with E-state index in [1.807, 2.05) is 27.8 Å². The van der Waals surface area contributed by atoms with Crippen molar-refractivity contribution < 1.29 is 9.59 Å². The van der Waals surface area contributed by atoms with Crippen LogP contribution in [-0.2, 0) is 9.59 Å². The first-order chi connectivity index (χ1) is 7.82. The highest BCUT2D eigenvalue weighted by molar-refractivity contribution is 5.87. The maximum absolute atomic E-state index is 11.8. The van der Waals surface area contributed by atoms with Crippen LogP contribution in [0, 0.1) is 5.41 Å². The summed E-state index contributed by atoms with van der Waals surface area (Å²) in [5.41, 5.74) is 2.47. The van der Waals surface area contributed by atoms with Crippen LogP contribution < -0.4 is 10.7 Å². The number of rotatable bonds is 7. The van der Waals surface area contributed by atoms with Crippen molar-refractivity contribution in [1.82, 2.24) is 15.8 Å². The van der Waals surface area contributed by atoms with Crippen LogP contribution in [0.5, 0.6) is 0 Å². The van der Waals surface area contributed by atoms with Gasteiger partial charge in [0.1, 0.15) is 5.78 Å². The standard InChI is InChI=1S/C12H25N3O2/c1-12(2,3)10(16)6-7-11(17)15(14-5)9-8-13-4/h13-14H,6-9H2,1-5H3. The zero-order chi connectivity index (χ0) is 13.5. The Kier molecular flexibility index (Phi) is 6.99. The lowest BCUT2D eigenvalue weighted by Gasteiger charge is -2.22. The van der Waals surface area contributed by atoms with E-state index in [0.29, 0.717) is 13.0 Å². The van der Waals surface area contributed by atoms with Crippen LogP contribution in [0.3, 0.4) is 0 Å². The number of likely N-dealkylation sites (N-methyl/N-ethyl adjacent to an activating group) is 1. The number of carbonyl (C=O) groups excluding carboxylic acids is 2. The predicted molar refractivity (Wildman–Crippen MR) is 68.4 cm³/mol. The van der Waals surface area contributed by atoms with Crippen molar-refractivity contribution in [3.8, 4) is 0 Å². The summed E-state index contributed by atoms with van der Waals surface area (Å²) >= 11 is 0. The SMILES string of the molecule is CNCCN(NC)C(=O)CCC(=O)C(C)(C)C. The molecule has 0 unspecified atom stereocenters. The molecule has 0 spiro atoms. The van der Waals surface area contributed by atoms with Gasteiger partial charge in [-0.2, -0.15) is 0 Å². The summed E-state index contributed by atoms with van der Waals surface area (Å²) in [4.78, 5) is 23.5. The van der Waals surface area contributed by atoms with Crippen molar-refractivity contribution >= 4 is 11.7 Å². The van der Waals surface area contributed by atoms with Crippen molar-refractivity contribution in [1.29, 1.82) is 0 Å². The molecule has 0 aromatic carbocycles. The van der Waals surface area contributed by atoms with Gasteiger partial charge in [-0.3, -0.25) is 14.6 Å². The molecule has 0 aromatic rings. The fourth-order valence-electron chi connectivity index (χ4n) is 1.32. The van der Waals surface area contributed by atoms with Gasteiger partial charge in [0.25, 0.3) is 0 Å². The summed E-state index contributed by atoms with van der Waals surface area (Å²) < 4.78 is 0. The molecule has 17 heavy (non-hydrogen) atoms. The van der Waals surface area contributed by atoms with E-state index in [0.717, 1.165) is 6.54 Å². The highest BCUT2D eigenvalue weighted by atomic mass is 16.2. The largest absolute Gasteiger partial charge is 0.318 e. The van der Waals surface area contributed by atoms with E-state index in [-0.39, 0.29) is 23.5 Å². The quantitative estimate of drug-likeness (QED) is 0.642. The number of nitrogens with one attached hydrogen (secondary N) is 2. The third kappa shape index (κ3) is 6.38. The Hall–Kier alpha value is -0.940. The van der Waals surface area contributed by atoms with E-state index < -0.39 is 0 Å². The number of hydrogen-bond acceptors (Lipinski definition) is 4. The zero-order valence-electron chi connectivity index (χ0n) is 11.6. The van der Waals surface area contributed by atoms with Gasteiger partial charge in [-0.1, -0.05) is 20.8 Å². The molecular weight excluding hydrogens is 218 g/mol. The number of nitrogens with zero attached hydrogens (tertiary/aromatic N) is 1. The second-order valence-corrected chi connectivity index (χ2v) is 5.05. The van der Waals surface area contributed by atoms with Crippen LogP contribution in [0.15, 0.2) is 0 Å². The fraction of sp³-hybridized carbons (Fsp3) is 0.833. The van der Waals surface area contributed by atoms with Gasteiger partial charge in [-0.25, -0.2) is 5.43 Å². The fourth-order valence-corrected chi connectivity index (χ4v) is 1.32. The van der Waals surface area contributed by atoms with Crippen LogP contribution in [0.2, 0.25) is 0 Å². The molecule has 0 bridgehead atoms. The summed E-state index contributed by atoms with van der Waals surface area (Å²) in [5, 5.41) is 4.51. The molecule has 0 aromatic heterocycles. The summed E-state index contributed by atoms with van der Waals surface area (Å²) in [6, 6.07) is 0. The minimum atomic E-state index is -0.365. The third-order valence-corrected chi connectivity index (χ3v) is 2.56. The molecule has 2 N–H and O–H groups in total. The summed E-state index contributed by atoms with van der Waals surface area (Å²) in [5.74, 6) is 0.0795. The lowest BCUT2D eigenvalue weighted by atomic mass is 9.88. The summed E-state index contributed by atoms with van der Waals surface area (Å²) in [6.45, 7) is 6.93. The lowest BCUT2D eigenvalue weighted by molar-refractivity contribution is -0.136. The van der Waals surface area contributed by atoms with Crippen LogP contribution in [0.1, 0.15) is 33.6 Å². The Morgan fingerprint density at radius 3 is 2.12 bits per heavy atom. The van der Waals surface area contributed by atoms with E-state index in [1.54, 1.807) is 7.05 Å². The second-order valence-electron chi connectivity index (χ2n) is 5.05. The smallest absolute Gasteiger partial charge is 0.237 e. The molecule has 1 amide bonds. The lowest BCUT2D eigenvalue weighted by Crippen LogP contribution is -2.44. The molecule has 100 valence electrons. The molecule has 0 aliphatic heterocycles. The Bertz CT molecular complexity index is 259. The normalized spacial score (nSPS) is 11.4. The molecule has 0 aliphatic carbocycles. The van der Waals surface area contributed by atoms with Gasteiger partial charge in [0.05, 0.1) is 0 Å². The Morgan fingerprint density at radius 1 is 1.12 bits per heavy atom. The van der Waals surface area contributed by atoms with Gasteiger partial charge in [0.15, 0.2) is 0 Å². The molecule has 0 saturated carbocycles. The predicted octanol–water partition coefficient (Wildman–Crippen LogP) is 0.564. The van der Waals surface area contributed by atoms with Crippen LogP contribution in [0.25, 0.3) is 0 Å². The van der Waals surface area contributed by atoms with Gasteiger partial charge in [0.2, 0.25) is 5.91 Å². The minimum Gasteiger partial charge on any atom is -0.318 e. The molecule has 0 atom stereocenters. The summed E-state index contributed by atoms with van der Waals surface area (Å²) in [6.07, 6.45) is 0.570. The number of carbonyl (C=O) groups is 2. The molecule has 5 heteroatoms. The van der Waals surface area contributed by atoms with Gasteiger partial charge in [-0.05, 0) is 7.05 Å². The molecule has 0 heterocycles. The third-order valence-electron chi connectivity index (χ3n) is 2.56. The number of hydrazine groups is 1. The van der Waals surface area contributed by atoms with Gasteiger partial charge >= 0.3 is 0 Å². The first kappa shape index (κ1) is 16.1. The molecule has 5 nitrogen and oxygen atoms in total. The summed E-state index contributed by atoms with van der Waals surface area (Å²) in [7, 11) is 3.54. The maximum Gasteiger partial charge on any atom is 0.237 e. The Morgan fingerprint density at radius 2 is 1.71 bits per heavy atom. The van der Waals surface area contributed by atoms with E-state index in [1.165, 1.54) is 5.01 Å². The van der Waals surface area contributed by atoms with Crippen molar-refractivity contribution in [2.24, 2.45) is 5.41 Å².